The second-order valence-corrected chi connectivity index (χ2v) is 14.5. The molecule has 2 aromatic heterocycles. The van der Waals surface area contributed by atoms with E-state index in [9.17, 15) is 9.18 Å². The molecule has 2 saturated heterocycles. The summed E-state index contributed by atoms with van der Waals surface area (Å²) < 4.78 is 30.9. The number of halogens is 1. The molecule has 2 fully saturated rings. The number of likely N-dealkylation sites (N-methyl/N-ethyl adjacent to an activating group) is 1. The summed E-state index contributed by atoms with van der Waals surface area (Å²) in [5.74, 6) is 2.71. The van der Waals surface area contributed by atoms with E-state index in [1.165, 1.54) is 25.6 Å². The van der Waals surface area contributed by atoms with Gasteiger partial charge in [0, 0.05) is 45.9 Å². The molecule has 0 aliphatic carbocycles. The van der Waals surface area contributed by atoms with Gasteiger partial charge in [-0.2, -0.15) is 5.10 Å². The van der Waals surface area contributed by atoms with Crippen LogP contribution in [0.3, 0.4) is 0 Å². The highest BCUT2D eigenvalue weighted by molar-refractivity contribution is 5.91. The van der Waals surface area contributed by atoms with Crippen molar-refractivity contribution < 1.29 is 23.4 Å². The maximum absolute atomic E-state index is 13.7. The molecule has 4 heterocycles. The maximum Gasteiger partial charge on any atom is 0.271 e. The molecule has 2 aromatic carbocycles. The molecular formula is C43H62FN9O4. The molecule has 0 saturated carbocycles. The second kappa shape index (κ2) is 23.5. The molecule has 4 N–H and O–H groups in total. The van der Waals surface area contributed by atoms with Crippen molar-refractivity contribution in [2.75, 3.05) is 71.5 Å². The van der Waals surface area contributed by atoms with Crippen molar-refractivity contribution in [1.29, 1.82) is 0 Å². The highest BCUT2D eigenvalue weighted by Gasteiger charge is 2.22. The van der Waals surface area contributed by atoms with E-state index >= 15 is 0 Å². The fourth-order valence-electron chi connectivity index (χ4n) is 6.02. The zero-order valence-corrected chi connectivity index (χ0v) is 34.6. The average molecular weight is 788 g/mol. The Morgan fingerprint density at radius 1 is 1.02 bits per heavy atom. The van der Waals surface area contributed by atoms with Gasteiger partial charge in [0.1, 0.15) is 28.7 Å². The van der Waals surface area contributed by atoms with Gasteiger partial charge in [0.2, 0.25) is 0 Å². The van der Waals surface area contributed by atoms with Crippen LogP contribution in [0.1, 0.15) is 80.0 Å². The van der Waals surface area contributed by atoms with Crippen molar-refractivity contribution in [3.05, 3.63) is 95.2 Å². The van der Waals surface area contributed by atoms with E-state index in [0.29, 0.717) is 49.9 Å². The number of rotatable bonds is 15. The summed E-state index contributed by atoms with van der Waals surface area (Å²) in [6.07, 6.45) is 6.69. The van der Waals surface area contributed by atoms with E-state index in [1.807, 2.05) is 63.2 Å². The Balaban J connectivity index is 0.000000315. The van der Waals surface area contributed by atoms with Crippen LogP contribution in [0.25, 0.3) is 0 Å². The smallest absolute Gasteiger partial charge is 0.271 e. The molecule has 2 aliphatic rings. The molecule has 0 spiro atoms. The lowest BCUT2D eigenvalue weighted by Gasteiger charge is -2.31. The topological polar surface area (TPSA) is 153 Å². The Bertz CT molecular complexity index is 1760. The molecular weight excluding hydrogens is 726 g/mol. The Kier molecular flexibility index (Phi) is 18.5. The molecule has 13 nitrogen and oxygen atoms in total. The SMILES string of the molecule is CC.CC(C)(F)c1cncc(NC2CCCOC2)n1.Cc1cc(CCN)ccc1Oc1ccc(OCCCNC(=O)c2ccc(CN3CCN(C)CC3)nn2)cc1. The molecule has 57 heavy (non-hydrogen) atoms. The number of aryl methyl sites for hydroxylation is 1. The second-order valence-electron chi connectivity index (χ2n) is 14.5. The summed E-state index contributed by atoms with van der Waals surface area (Å²) in [6, 6.07) is 17.5. The van der Waals surface area contributed by atoms with Crippen LogP contribution in [0.2, 0.25) is 0 Å². The van der Waals surface area contributed by atoms with E-state index in [2.05, 4.69) is 53.7 Å². The largest absolute Gasteiger partial charge is 0.494 e. The normalized spacial score (nSPS) is 16.0. The number of nitrogens with one attached hydrogen (secondary N) is 2. The van der Waals surface area contributed by atoms with Crippen molar-refractivity contribution in [3.8, 4) is 17.2 Å². The third-order valence-corrected chi connectivity index (χ3v) is 9.29. The summed E-state index contributed by atoms with van der Waals surface area (Å²) in [5, 5.41) is 14.5. The van der Waals surface area contributed by atoms with Gasteiger partial charge in [-0.3, -0.25) is 14.7 Å². The standard InChI is InChI=1S/C29H38N6O3.C12H18FN3O.C2H6/c1-22-20-23(12-13-30)4-11-28(22)38-26-8-6-25(7-9-26)37-19-3-14-31-29(36)27-10-5-24(32-33-27)21-35-17-15-34(2)16-18-35;1-12(2,13)10-6-14-7-11(16-10)15-9-4-3-5-17-8-9;1-2/h4-11,20H,3,12-19,21,30H2,1-2H3,(H,31,36);6-7,9H,3-5,8H2,1-2H3,(H,15,16);1-2H3. The molecule has 14 heteroatoms. The van der Waals surface area contributed by atoms with Crippen molar-refractivity contribution in [1.82, 2.24) is 35.3 Å². The Morgan fingerprint density at radius 2 is 1.77 bits per heavy atom. The number of carbonyl (C=O) groups excluding carboxylic acids is 1. The summed E-state index contributed by atoms with van der Waals surface area (Å²) >= 11 is 0. The summed E-state index contributed by atoms with van der Waals surface area (Å²) in [5.41, 5.74) is 8.01. The molecule has 0 radical (unpaired) electrons. The number of ether oxygens (including phenoxy) is 3. The zero-order chi connectivity index (χ0) is 41.0. The number of benzene rings is 2. The third kappa shape index (κ3) is 15.6. The van der Waals surface area contributed by atoms with E-state index < -0.39 is 5.67 Å². The number of nitrogens with zero attached hydrogens (tertiary/aromatic N) is 6. The van der Waals surface area contributed by atoms with Gasteiger partial charge in [0.25, 0.3) is 5.91 Å². The van der Waals surface area contributed by atoms with E-state index in [0.717, 1.165) is 87.1 Å². The maximum atomic E-state index is 13.7. The molecule has 4 aromatic rings. The van der Waals surface area contributed by atoms with Crippen LogP contribution in [0.5, 0.6) is 17.2 Å². The minimum atomic E-state index is -1.46. The number of hydrogen-bond donors (Lipinski definition) is 3. The minimum absolute atomic E-state index is 0.225. The molecule has 6 rings (SSSR count). The van der Waals surface area contributed by atoms with Crippen molar-refractivity contribution in [3.63, 3.8) is 0 Å². The van der Waals surface area contributed by atoms with Crippen LogP contribution >= 0.6 is 0 Å². The van der Waals surface area contributed by atoms with Crippen molar-refractivity contribution >= 4 is 11.7 Å². The number of piperazine rings is 1. The molecule has 0 bridgehead atoms. The number of nitrogens with two attached hydrogens (primary N) is 1. The van der Waals surface area contributed by atoms with E-state index in [-0.39, 0.29) is 11.9 Å². The monoisotopic (exact) mass is 787 g/mol. The van der Waals surface area contributed by atoms with Gasteiger partial charge in [-0.05, 0) is 114 Å². The first-order valence-corrected chi connectivity index (χ1v) is 20.1. The molecule has 2 aliphatic heterocycles. The van der Waals surface area contributed by atoms with Crippen molar-refractivity contribution in [2.24, 2.45) is 5.73 Å². The summed E-state index contributed by atoms with van der Waals surface area (Å²) in [7, 11) is 2.14. The Labute approximate surface area is 337 Å². The molecule has 310 valence electrons. The van der Waals surface area contributed by atoms with Crippen LogP contribution in [0, 0.1) is 6.92 Å². The highest BCUT2D eigenvalue weighted by Crippen LogP contribution is 2.28. The zero-order valence-electron chi connectivity index (χ0n) is 34.6. The predicted molar refractivity (Wildman–Crippen MR) is 223 cm³/mol. The number of aromatic nitrogens is 4. The van der Waals surface area contributed by atoms with Gasteiger partial charge in [-0.1, -0.05) is 26.0 Å². The Hall–Kier alpha value is -4.76. The van der Waals surface area contributed by atoms with Crippen LogP contribution in [-0.4, -0.2) is 108 Å². The lowest BCUT2D eigenvalue weighted by molar-refractivity contribution is 0.0874. The number of carbonyl (C=O) groups is 1. The minimum Gasteiger partial charge on any atom is -0.494 e. The molecule has 1 unspecified atom stereocenters. The fourth-order valence-corrected chi connectivity index (χ4v) is 6.02. The van der Waals surface area contributed by atoms with Gasteiger partial charge in [0.05, 0.1) is 43.0 Å². The highest BCUT2D eigenvalue weighted by atomic mass is 19.1. The number of alkyl halides is 1. The lowest BCUT2D eigenvalue weighted by Crippen LogP contribution is -2.44. The van der Waals surface area contributed by atoms with Gasteiger partial charge in [0.15, 0.2) is 5.69 Å². The van der Waals surface area contributed by atoms with Crippen LogP contribution in [-0.2, 0) is 23.4 Å². The van der Waals surface area contributed by atoms with E-state index in [1.54, 1.807) is 12.3 Å². The number of hydrogen-bond acceptors (Lipinski definition) is 12. The third-order valence-electron chi connectivity index (χ3n) is 9.29. The quantitative estimate of drug-likeness (QED) is 0.116. The van der Waals surface area contributed by atoms with Crippen LogP contribution < -0.4 is 25.8 Å². The first kappa shape index (κ1) is 44.9. The summed E-state index contributed by atoms with van der Waals surface area (Å²) in [4.78, 5) is 25.3. The van der Waals surface area contributed by atoms with Gasteiger partial charge < -0.3 is 35.5 Å². The van der Waals surface area contributed by atoms with Crippen LogP contribution in [0.4, 0.5) is 10.2 Å². The predicted octanol–water partition coefficient (Wildman–Crippen LogP) is 6.32. The fraction of sp³-hybridized carbons (Fsp3) is 0.512. The number of amides is 1. The lowest BCUT2D eigenvalue weighted by atomic mass is 10.1. The van der Waals surface area contributed by atoms with Crippen molar-refractivity contribution in [2.45, 2.75) is 78.6 Å². The van der Waals surface area contributed by atoms with Gasteiger partial charge >= 0.3 is 0 Å². The summed E-state index contributed by atoms with van der Waals surface area (Å²) in [6.45, 7) is 17.0. The first-order chi connectivity index (χ1) is 27.6. The molecule has 1 atom stereocenters. The van der Waals surface area contributed by atoms with Crippen LogP contribution in [0.15, 0.2) is 67.0 Å². The first-order valence-electron chi connectivity index (χ1n) is 20.1. The van der Waals surface area contributed by atoms with Gasteiger partial charge in [-0.15, -0.1) is 5.10 Å². The Morgan fingerprint density at radius 3 is 2.42 bits per heavy atom. The van der Waals surface area contributed by atoms with Gasteiger partial charge in [-0.25, -0.2) is 9.37 Å². The van der Waals surface area contributed by atoms with E-state index in [4.69, 9.17) is 19.9 Å². The molecule has 1 amide bonds. The number of anilines is 1. The average Bonchev–Trinajstić information content (AvgIpc) is 3.22.